The Morgan fingerprint density at radius 1 is 0.906 bits per heavy atom. The van der Waals surface area contributed by atoms with Gasteiger partial charge < -0.3 is 14.4 Å². The molecule has 1 unspecified atom stereocenters. The van der Waals surface area contributed by atoms with Crippen molar-refractivity contribution in [3.8, 4) is 11.5 Å². The molecule has 1 atom stereocenters. The lowest BCUT2D eigenvalue weighted by Gasteiger charge is -2.38. The van der Waals surface area contributed by atoms with Gasteiger partial charge in [0.25, 0.3) is 0 Å². The van der Waals surface area contributed by atoms with E-state index in [9.17, 15) is 4.79 Å². The summed E-state index contributed by atoms with van der Waals surface area (Å²) in [5.41, 5.74) is 3.03. The SMILES string of the molecule is CN(c1ccc2c(c1)Oc1ccc(Cl)cc1C21OC(=O)c2ccccc21)C1CCCCC1. The van der Waals surface area contributed by atoms with E-state index in [1.165, 1.54) is 32.1 Å². The number of ether oxygens (including phenoxy) is 2. The maximum atomic E-state index is 12.9. The monoisotopic (exact) mass is 445 g/mol. The molecular weight excluding hydrogens is 422 g/mol. The molecule has 162 valence electrons. The number of halogens is 1. The predicted molar refractivity (Wildman–Crippen MR) is 125 cm³/mol. The van der Waals surface area contributed by atoms with Gasteiger partial charge in [-0.1, -0.05) is 49.1 Å². The molecule has 3 aromatic rings. The van der Waals surface area contributed by atoms with Crippen LogP contribution >= 0.6 is 11.6 Å². The summed E-state index contributed by atoms with van der Waals surface area (Å²) >= 11 is 6.38. The van der Waals surface area contributed by atoms with E-state index in [4.69, 9.17) is 21.1 Å². The number of hydrogen-bond acceptors (Lipinski definition) is 4. The number of hydrogen-bond donors (Lipinski definition) is 0. The first-order valence-corrected chi connectivity index (χ1v) is 11.6. The van der Waals surface area contributed by atoms with Gasteiger partial charge in [0.2, 0.25) is 0 Å². The summed E-state index contributed by atoms with van der Waals surface area (Å²) in [5, 5.41) is 0.573. The van der Waals surface area contributed by atoms with Gasteiger partial charge in [0, 0.05) is 46.6 Å². The number of nitrogens with zero attached hydrogens (tertiary/aromatic N) is 1. The third kappa shape index (κ3) is 2.79. The molecule has 0 aromatic heterocycles. The first-order chi connectivity index (χ1) is 15.6. The minimum atomic E-state index is -1.07. The van der Waals surface area contributed by atoms with Gasteiger partial charge in [-0.25, -0.2) is 4.79 Å². The summed E-state index contributed by atoms with van der Waals surface area (Å²) < 4.78 is 12.6. The van der Waals surface area contributed by atoms with Gasteiger partial charge in [-0.05, 0) is 49.2 Å². The van der Waals surface area contributed by atoms with Crippen molar-refractivity contribution < 1.29 is 14.3 Å². The van der Waals surface area contributed by atoms with Crippen LogP contribution in [-0.2, 0) is 10.3 Å². The second-order valence-electron chi connectivity index (χ2n) is 8.94. The zero-order chi connectivity index (χ0) is 21.9. The van der Waals surface area contributed by atoms with Crippen LogP contribution in [0.3, 0.4) is 0 Å². The molecule has 0 bridgehead atoms. The van der Waals surface area contributed by atoms with Crippen LogP contribution in [0.5, 0.6) is 11.5 Å². The topological polar surface area (TPSA) is 38.8 Å². The van der Waals surface area contributed by atoms with Crippen molar-refractivity contribution in [1.29, 1.82) is 0 Å². The van der Waals surface area contributed by atoms with Crippen LogP contribution in [0.2, 0.25) is 5.02 Å². The molecule has 0 radical (unpaired) electrons. The highest BCUT2D eigenvalue weighted by atomic mass is 35.5. The number of benzene rings is 3. The quantitative estimate of drug-likeness (QED) is 0.412. The first kappa shape index (κ1) is 19.7. The van der Waals surface area contributed by atoms with Crippen LogP contribution in [0.25, 0.3) is 0 Å². The van der Waals surface area contributed by atoms with E-state index in [0.717, 1.165) is 22.4 Å². The third-order valence-corrected chi connectivity index (χ3v) is 7.42. The lowest BCUT2D eigenvalue weighted by atomic mass is 9.77. The minimum Gasteiger partial charge on any atom is -0.456 e. The normalized spacial score (nSPS) is 21.4. The highest BCUT2D eigenvalue weighted by Crippen LogP contribution is 2.56. The number of carbonyl (C=O) groups excluding carboxylic acids is 1. The molecule has 0 N–H and O–H groups in total. The van der Waals surface area contributed by atoms with Crippen molar-refractivity contribution >= 4 is 23.3 Å². The average Bonchev–Trinajstić information content (AvgIpc) is 3.13. The van der Waals surface area contributed by atoms with E-state index >= 15 is 0 Å². The molecule has 3 aromatic carbocycles. The number of carbonyl (C=O) groups is 1. The number of fused-ring (bicyclic) bond motifs is 6. The standard InChI is InChI=1S/C27H24ClNO3/c1-29(18-7-3-2-4-8-18)19-12-13-22-25(16-19)31-24-14-11-17(28)15-23(24)27(22)21-10-6-5-9-20(21)26(30)32-27/h5-6,9-16,18H,2-4,7-8H2,1H3. The Morgan fingerprint density at radius 2 is 1.72 bits per heavy atom. The maximum Gasteiger partial charge on any atom is 0.340 e. The second kappa shape index (κ2) is 7.28. The molecule has 1 spiro atoms. The number of esters is 1. The Labute approximate surface area is 192 Å². The molecule has 32 heavy (non-hydrogen) atoms. The fourth-order valence-electron chi connectivity index (χ4n) is 5.53. The number of rotatable bonds is 2. The van der Waals surface area contributed by atoms with Gasteiger partial charge in [0.1, 0.15) is 11.5 Å². The van der Waals surface area contributed by atoms with Crippen LogP contribution in [0.4, 0.5) is 5.69 Å². The minimum absolute atomic E-state index is 0.331. The molecule has 2 aliphatic heterocycles. The van der Waals surface area contributed by atoms with E-state index in [0.29, 0.717) is 28.1 Å². The molecule has 4 nitrogen and oxygen atoms in total. The maximum absolute atomic E-state index is 12.9. The summed E-state index contributed by atoms with van der Waals surface area (Å²) in [6.07, 6.45) is 6.31. The highest BCUT2D eigenvalue weighted by Gasteiger charge is 2.53. The van der Waals surface area contributed by atoms with Gasteiger partial charge in [-0.3, -0.25) is 0 Å². The van der Waals surface area contributed by atoms with Gasteiger partial charge in [0.05, 0.1) is 5.56 Å². The van der Waals surface area contributed by atoms with Crippen molar-refractivity contribution in [2.75, 3.05) is 11.9 Å². The van der Waals surface area contributed by atoms with Crippen molar-refractivity contribution in [2.24, 2.45) is 0 Å². The molecule has 0 saturated heterocycles. The molecule has 1 fully saturated rings. The zero-order valence-electron chi connectivity index (χ0n) is 17.9. The van der Waals surface area contributed by atoms with Gasteiger partial charge in [-0.15, -0.1) is 0 Å². The van der Waals surface area contributed by atoms with Gasteiger partial charge in [-0.2, -0.15) is 0 Å². The van der Waals surface area contributed by atoms with Crippen molar-refractivity contribution in [3.63, 3.8) is 0 Å². The van der Waals surface area contributed by atoms with Gasteiger partial charge >= 0.3 is 5.97 Å². The summed E-state index contributed by atoms with van der Waals surface area (Å²) in [4.78, 5) is 15.3. The Morgan fingerprint density at radius 3 is 2.56 bits per heavy atom. The van der Waals surface area contributed by atoms with Gasteiger partial charge in [0.15, 0.2) is 5.60 Å². The van der Waals surface area contributed by atoms with Crippen LogP contribution < -0.4 is 9.64 Å². The van der Waals surface area contributed by atoms with Crippen LogP contribution in [0, 0.1) is 0 Å². The summed E-state index contributed by atoms with van der Waals surface area (Å²) in [7, 11) is 2.16. The summed E-state index contributed by atoms with van der Waals surface area (Å²) in [6.45, 7) is 0. The lowest BCUT2D eigenvalue weighted by Crippen LogP contribution is -2.35. The van der Waals surface area contributed by atoms with Crippen LogP contribution in [0.15, 0.2) is 60.7 Å². The third-order valence-electron chi connectivity index (χ3n) is 7.19. The largest absolute Gasteiger partial charge is 0.456 e. The second-order valence-corrected chi connectivity index (χ2v) is 9.38. The first-order valence-electron chi connectivity index (χ1n) is 11.3. The molecule has 2 heterocycles. The Bertz CT molecular complexity index is 1230. The number of anilines is 1. The molecule has 1 saturated carbocycles. The Balaban J connectivity index is 1.53. The molecule has 3 aliphatic rings. The van der Waals surface area contributed by atoms with Crippen molar-refractivity contribution in [1.82, 2.24) is 0 Å². The Hall–Kier alpha value is -2.98. The van der Waals surface area contributed by atoms with E-state index in [2.05, 4.69) is 24.1 Å². The van der Waals surface area contributed by atoms with E-state index < -0.39 is 5.60 Å². The van der Waals surface area contributed by atoms with Crippen molar-refractivity contribution in [3.05, 3.63) is 87.9 Å². The molecule has 6 rings (SSSR count). The fourth-order valence-corrected chi connectivity index (χ4v) is 5.70. The molecular formula is C27H24ClNO3. The average molecular weight is 446 g/mol. The van der Waals surface area contributed by atoms with E-state index in [-0.39, 0.29) is 5.97 Å². The summed E-state index contributed by atoms with van der Waals surface area (Å²) in [5.74, 6) is 1.04. The van der Waals surface area contributed by atoms with E-state index in [1.54, 1.807) is 6.07 Å². The lowest BCUT2D eigenvalue weighted by molar-refractivity contribution is 0.0224. The van der Waals surface area contributed by atoms with E-state index in [1.807, 2.05) is 42.5 Å². The highest BCUT2D eigenvalue weighted by molar-refractivity contribution is 6.30. The van der Waals surface area contributed by atoms with Crippen LogP contribution in [-0.4, -0.2) is 19.1 Å². The smallest absolute Gasteiger partial charge is 0.340 e. The predicted octanol–water partition coefficient (Wildman–Crippen LogP) is 6.68. The molecule has 0 amide bonds. The summed E-state index contributed by atoms with van der Waals surface area (Å²) in [6, 6.07) is 19.9. The fraction of sp³-hybridized carbons (Fsp3) is 0.296. The van der Waals surface area contributed by atoms with Crippen molar-refractivity contribution in [2.45, 2.75) is 43.7 Å². The van der Waals surface area contributed by atoms with Crippen LogP contribution in [0.1, 0.15) is 59.2 Å². The Kier molecular flexibility index (Phi) is 4.48. The molecule has 1 aliphatic carbocycles. The zero-order valence-corrected chi connectivity index (χ0v) is 18.7. The molecule has 5 heteroatoms.